The lowest BCUT2D eigenvalue weighted by atomic mass is 10.2. The van der Waals surface area contributed by atoms with Crippen LogP contribution >= 0.6 is 15.9 Å². The van der Waals surface area contributed by atoms with Crippen LogP contribution in [0.5, 0.6) is 0 Å². The Morgan fingerprint density at radius 2 is 2.25 bits per heavy atom. The fourth-order valence-corrected chi connectivity index (χ4v) is 1.50. The third kappa shape index (κ3) is 4.35. The van der Waals surface area contributed by atoms with Crippen LogP contribution in [0, 0.1) is 0 Å². The summed E-state index contributed by atoms with van der Waals surface area (Å²) in [4.78, 5) is 16.1. The van der Waals surface area contributed by atoms with E-state index >= 15 is 0 Å². The van der Waals surface area contributed by atoms with Crippen LogP contribution in [0.25, 0.3) is 0 Å². The summed E-state index contributed by atoms with van der Waals surface area (Å²) in [5.41, 5.74) is 0.389. The average molecular weight is 289 g/mol. The number of carbonyl (C=O) groups is 1. The average Bonchev–Trinajstić information content (AvgIpc) is 2.48. The number of hydrogen-bond acceptors (Lipinski definition) is 3. The molecule has 0 amide bonds. The number of halogens is 1. The van der Waals surface area contributed by atoms with E-state index in [1.807, 2.05) is 27.7 Å². The van der Waals surface area contributed by atoms with E-state index < -0.39 is 11.7 Å². The lowest BCUT2D eigenvalue weighted by Crippen LogP contribution is -2.26. The van der Waals surface area contributed by atoms with Crippen LogP contribution < -0.4 is 0 Å². The van der Waals surface area contributed by atoms with Crippen molar-refractivity contribution in [2.24, 2.45) is 0 Å². The quantitative estimate of drug-likeness (QED) is 0.786. The standard InChI is InChI=1S/C11H17BrN2O2/c1-8(12)5-9-6-14(7-13-9)10(15)16-11(2,3)4/h6-8H,5H2,1-4H3. The molecule has 0 N–H and O–H groups in total. The molecule has 0 bridgehead atoms. The summed E-state index contributed by atoms with van der Waals surface area (Å²) in [5, 5.41) is 0. The monoisotopic (exact) mass is 288 g/mol. The van der Waals surface area contributed by atoms with Gasteiger partial charge in [0.2, 0.25) is 0 Å². The van der Waals surface area contributed by atoms with Crippen LogP contribution in [0.3, 0.4) is 0 Å². The molecule has 0 spiro atoms. The van der Waals surface area contributed by atoms with Crippen LogP contribution in [0.4, 0.5) is 4.79 Å². The van der Waals surface area contributed by atoms with E-state index in [2.05, 4.69) is 20.9 Å². The predicted molar refractivity (Wildman–Crippen MR) is 66.0 cm³/mol. The van der Waals surface area contributed by atoms with Gasteiger partial charge in [-0.05, 0) is 20.8 Å². The highest BCUT2D eigenvalue weighted by Gasteiger charge is 2.18. The lowest BCUT2D eigenvalue weighted by molar-refractivity contribution is 0.0536. The topological polar surface area (TPSA) is 44.1 Å². The minimum absolute atomic E-state index is 0.342. The number of alkyl halides is 1. The molecule has 1 aromatic rings. The van der Waals surface area contributed by atoms with Crippen LogP contribution in [0.1, 0.15) is 33.4 Å². The summed E-state index contributed by atoms with van der Waals surface area (Å²) in [6, 6.07) is 0. The smallest absolute Gasteiger partial charge is 0.419 e. The molecule has 0 fully saturated rings. The van der Waals surface area contributed by atoms with Gasteiger partial charge in [-0.15, -0.1) is 0 Å². The molecule has 1 atom stereocenters. The third-order valence-electron chi connectivity index (χ3n) is 1.73. The van der Waals surface area contributed by atoms with Crippen molar-refractivity contribution in [2.45, 2.75) is 44.5 Å². The molecule has 0 saturated carbocycles. The first-order valence-electron chi connectivity index (χ1n) is 5.18. The second-order valence-corrected chi connectivity index (χ2v) is 6.30. The van der Waals surface area contributed by atoms with Gasteiger partial charge in [0.25, 0.3) is 0 Å². The molecule has 0 aromatic carbocycles. The molecule has 0 aliphatic carbocycles. The molecule has 1 heterocycles. The van der Waals surface area contributed by atoms with Gasteiger partial charge in [0, 0.05) is 17.4 Å². The van der Waals surface area contributed by atoms with Crippen molar-refractivity contribution in [1.29, 1.82) is 0 Å². The van der Waals surface area contributed by atoms with Crippen LogP contribution in [0.2, 0.25) is 0 Å². The first-order valence-corrected chi connectivity index (χ1v) is 6.10. The fraction of sp³-hybridized carbons (Fsp3) is 0.636. The molecule has 4 nitrogen and oxygen atoms in total. The molecule has 1 rings (SSSR count). The lowest BCUT2D eigenvalue weighted by Gasteiger charge is -2.19. The fourth-order valence-electron chi connectivity index (χ4n) is 1.17. The number of rotatable bonds is 2. The van der Waals surface area contributed by atoms with E-state index in [-0.39, 0.29) is 0 Å². The third-order valence-corrected chi connectivity index (χ3v) is 2.05. The Bertz CT molecular complexity index is 366. The van der Waals surface area contributed by atoms with Gasteiger partial charge in [-0.3, -0.25) is 0 Å². The van der Waals surface area contributed by atoms with Crippen molar-refractivity contribution in [3.63, 3.8) is 0 Å². The Hall–Kier alpha value is -0.840. The molecule has 5 heteroatoms. The number of hydrogen-bond donors (Lipinski definition) is 0. The van der Waals surface area contributed by atoms with E-state index in [9.17, 15) is 4.79 Å². The number of imidazole rings is 1. The highest BCUT2D eigenvalue weighted by Crippen LogP contribution is 2.11. The minimum atomic E-state index is -0.482. The zero-order valence-electron chi connectivity index (χ0n) is 10.0. The Labute approximate surface area is 104 Å². The second-order valence-electron chi connectivity index (χ2n) is 4.74. The summed E-state index contributed by atoms with van der Waals surface area (Å²) in [7, 11) is 0. The number of aromatic nitrogens is 2. The predicted octanol–water partition coefficient (Wildman–Crippen LogP) is 2.99. The highest BCUT2D eigenvalue weighted by molar-refractivity contribution is 9.09. The molecule has 0 radical (unpaired) electrons. The van der Waals surface area contributed by atoms with Crippen molar-refractivity contribution in [2.75, 3.05) is 0 Å². The van der Waals surface area contributed by atoms with E-state index in [4.69, 9.17) is 4.74 Å². The van der Waals surface area contributed by atoms with E-state index in [1.165, 1.54) is 10.9 Å². The maximum absolute atomic E-state index is 11.6. The Morgan fingerprint density at radius 3 is 2.75 bits per heavy atom. The summed E-state index contributed by atoms with van der Waals surface area (Å²) in [5.74, 6) is 0. The van der Waals surface area contributed by atoms with Crippen molar-refractivity contribution in [3.8, 4) is 0 Å². The molecule has 90 valence electrons. The van der Waals surface area contributed by atoms with Crippen molar-refractivity contribution >= 4 is 22.0 Å². The molecule has 1 aromatic heterocycles. The first-order chi connectivity index (χ1) is 7.28. The molecule has 16 heavy (non-hydrogen) atoms. The molecule has 1 unspecified atom stereocenters. The summed E-state index contributed by atoms with van der Waals surface area (Å²) < 4.78 is 6.59. The van der Waals surface area contributed by atoms with Crippen LogP contribution in [-0.2, 0) is 11.2 Å². The normalized spacial score (nSPS) is 13.6. The van der Waals surface area contributed by atoms with Gasteiger partial charge < -0.3 is 4.74 Å². The van der Waals surface area contributed by atoms with Crippen molar-refractivity contribution in [3.05, 3.63) is 18.2 Å². The Morgan fingerprint density at radius 1 is 1.62 bits per heavy atom. The summed E-state index contributed by atoms with van der Waals surface area (Å²) in [6.45, 7) is 7.54. The number of carbonyl (C=O) groups excluding carboxylic acids is 1. The second kappa shape index (κ2) is 4.99. The highest BCUT2D eigenvalue weighted by atomic mass is 79.9. The van der Waals surface area contributed by atoms with E-state index in [0.29, 0.717) is 4.83 Å². The Kier molecular flexibility index (Phi) is 4.13. The summed E-state index contributed by atoms with van der Waals surface area (Å²) >= 11 is 3.44. The van der Waals surface area contributed by atoms with E-state index in [0.717, 1.165) is 12.1 Å². The first kappa shape index (κ1) is 13.2. The zero-order chi connectivity index (χ0) is 12.3. The zero-order valence-corrected chi connectivity index (χ0v) is 11.6. The maximum atomic E-state index is 11.6. The molecular weight excluding hydrogens is 272 g/mol. The SMILES string of the molecule is CC(Br)Cc1cn(C(=O)OC(C)(C)C)cn1. The Balaban J connectivity index is 2.67. The largest absolute Gasteiger partial charge is 0.443 e. The molecular formula is C11H17BrN2O2. The molecule has 0 aliphatic heterocycles. The van der Waals surface area contributed by atoms with Gasteiger partial charge in [0.1, 0.15) is 11.9 Å². The van der Waals surface area contributed by atoms with Gasteiger partial charge in [0.15, 0.2) is 0 Å². The summed E-state index contributed by atoms with van der Waals surface area (Å²) in [6.07, 6.45) is 3.58. The molecule has 0 saturated heterocycles. The van der Waals surface area contributed by atoms with Gasteiger partial charge in [-0.25, -0.2) is 14.3 Å². The van der Waals surface area contributed by atoms with Gasteiger partial charge in [-0.2, -0.15) is 0 Å². The van der Waals surface area contributed by atoms with Gasteiger partial charge in [0.05, 0.1) is 5.69 Å². The van der Waals surface area contributed by atoms with Crippen LogP contribution in [0.15, 0.2) is 12.5 Å². The maximum Gasteiger partial charge on any atom is 0.419 e. The van der Waals surface area contributed by atoms with Crippen molar-refractivity contribution < 1.29 is 9.53 Å². The van der Waals surface area contributed by atoms with Gasteiger partial charge >= 0.3 is 6.09 Å². The molecule has 0 aliphatic rings. The van der Waals surface area contributed by atoms with Gasteiger partial charge in [-0.1, -0.05) is 22.9 Å². The number of nitrogens with zero attached hydrogens (tertiary/aromatic N) is 2. The minimum Gasteiger partial charge on any atom is -0.443 e. The van der Waals surface area contributed by atoms with Crippen molar-refractivity contribution in [1.82, 2.24) is 9.55 Å². The number of ether oxygens (including phenoxy) is 1. The van der Waals surface area contributed by atoms with Crippen LogP contribution in [-0.4, -0.2) is 26.1 Å². The van der Waals surface area contributed by atoms with E-state index in [1.54, 1.807) is 6.20 Å².